The summed E-state index contributed by atoms with van der Waals surface area (Å²) in [6, 6.07) is 2.17. The van der Waals surface area contributed by atoms with Crippen molar-refractivity contribution in [2.24, 2.45) is 0 Å². The second-order valence-corrected chi connectivity index (χ2v) is 4.94. The average molecular weight is 273 g/mol. The van der Waals surface area contributed by atoms with Crippen molar-refractivity contribution in [2.45, 2.75) is 46.2 Å². The Morgan fingerprint density at radius 1 is 1.30 bits per heavy atom. The van der Waals surface area contributed by atoms with Gasteiger partial charge in [0.1, 0.15) is 5.82 Å². The Morgan fingerprint density at radius 3 is 2.75 bits per heavy atom. The molecular formula is C15H23N5. The van der Waals surface area contributed by atoms with Gasteiger partial charge < -0.3 is 9.88 Å². The van der Waals surface area contributed by atoms with Crippen molar-refractivity contribution < 1.29 is 0 Å². The number of nitrogens with one attached hydrogen (secondary N) is 1. The molecule has 2 aromatic heterocycles. The van der Waals surface area contributed by atoms with E-state index in [1.807, 2.05) is 26.4 Å². The molecule has 0 spiro atoms. The topological polar surface area (TPSA) is 55.6 Å². The number of hydrogen-bond acceptors (Lipinski definition) is 4. The molecule has 0 aliphatic carbocycles. The van der Waals surface area contributed by atoms with Crippen LogP contribution in [-0.4, -0.2) is 26.8 Å². The zero-order chi connectivity index (χ0) is 14.5. The van der Waals surface area contributed by atoms with Crippen molar-refractivity contribution in [3.05, 3.63) is 41.2 Å². The van der Waals surface area contributed by atoms with Gasteiger partial charge >= 0.3 is 0 Å². The molecular weight excluding hydrogens is 250 g/mol. The highest BCUT2D eigenvalue weighted by Gasteiger charge is 2.21. The molecule has 0 fully saturated rings. The van der Waals surface area contributed by atoms with Crippen LogP contribution >= 0.6 is 0 Å². The van der Waals surface area contributed by atoms with Crippen molar-refractivity contribution in [3.8, 4) is 0 Å². The van der Waals surface area contributed by atoms with Crippen molar-refractivity contribution in [2.75, 3.05) is 7.05 Å². The van der Waals surface area contributed by atoms with Gasteiger partial charge in [-0.3, -0.25) is 0 Å². The van der Waals surface area contributed by atoms with Crippen LogP contribution in [0.25, 0.3) is 0 Å². The third-order valence-electron chi connectivity index (χ3n) is 3.43. The minimum Gasteiger partial charge on any atom is -0.333 e. The number of imidazole rings is 1. The van der Waals surface area contributed by atoms with Crippen molar-refractivity contribution in [3.63, 3.8) is 0 Å². The third-order valence-corrected chi connectivity index (χ3v) is 3.43. The van der Waals surface area contributed by atoms with Crippen LogP contribution in [-0.2, 0) is 13.0 Å². The van der Waals surface area contributed by atoms with Gasteiger partial charge in [0.25, 0.3) is 0 Å². The molecule has 0 bridgehead atoms. The van der Waals surface area contributed by atoms with Gasteiger partial charge in [0.2, 0.25) is 0 Å². The lowest BCUT2D eigenvalue weighted by Crippen LogP contribution is -2.24. The molecule has 0 saturated heterocycles. The van der Waals surface area contributed by atoms with Gasteiger partial charge in [-0.15, -0.1) is 0 Å². The lowest BCUT2D eigenvalue weighted by atomic mass is 10.0. The number of hydrogen-bond donors (Lipinski definition) is 1. The SMILES string of the molecule is CCCn1ccnc1C(NC)c1cc(C)nnc1CC. The van der Waals surface area contributed by atoms with Gasteiger partial charge in [-0.25, -0.2) is 4.98 Å². The lowest BCUT2D eigenvalue weighted by molar-refractivity contribution is 0.561. The summed E-state index contributed by atoms with van der Waals surface area (Å²) in [5, 5.41) is 11.9. The second-order valence-electron chi connectivity index (χ2n) is 4.94. The summed E-state index contributed by atoms with van der Waals surface area (Å²) in [4.78, 5) is 4.54. The van der Waals surface area contributed by atoms with E-state index in [1.165, 1.54) is 5.56 Å². The fourth-order valence-corrected chi connectivity index (χ4v) is 2.49. The van der Waals surface area contributed by atoms with Gasteiger partial charge in [0, 0.05) is 24.5 Å². The fraction of sp³-hybridized carbons (Fsp3) is 0.533. The van der Waals surface area contributed by atoms with E-state index in [9.17, 15) is 0 Å². The second kappa shape index (κ2) is 6.61. The first-order valence-electron chi connectivity index (χ1n) is 7.22. The molecule has 1 atom stereocenters. The maximum Gasteiger partial charge on any atom is 0.130 e. The molecule has 1 unspecified atom stereocenters. The van der Waals surface area contributed by atoms with Crippen LogP contribution < -0.4 is 5.32 Å². The molecule has 0 aliphatic rings. The Morgan fingerprint density at radius 2 is 2.10 bits per heavy atom. The van der Waals surface area contributed by atoms with E-state index in [0.29, 0.717) is 0 Å². The third kappa shape index (κ3) is 2.88. The van der Waals surface area contributed by atoms with E-state index < -0.39 is 0 Å². The van der Waals surface area contributed by atoms with E-state index in [4.69, 9.17) is 0 Å². The summed E-state index contributed by atoms with van der Waals surface area (Å²) in [7, 11) is 1.96. The van der Waals surface area contributed by atoms with Crippen LogP contribution in [0.3, 0.4) is 0 Å². The zero-order valence-corrected chi connectivity index (χ0v) is 12.7. The maximum atomic E-state index is 4.54. The van der Waals surface area contributed by atoms with Gasteiger partial charge in [-0.2, -0.15) is 10.2 Å². The Kier molecular flexibility index (Phi) is 4.84. The Labute approximate surface area is 120 Å². The standard InChI is InChI=1S/C15H23N5/c1-5-8-20-9-7-17-15(20)14(16-4)12-10-11(3)18-19-13(12)6-2/h7,9-10,14,16H,5-6,8H2,1-4H3. The smallest absolute Gasteiger partial charge is 0.130 e. The molecule has 0 radical (unpaired) electrons. The molecule has 5 nitrogen and oxygen atoms in total. The number of aromatic nitrogens is 4. The van der Waals surface area contributed by atoms with Crippen LogP contribution in [0.15, 0.2) is 18.5 Å². The summed E-state index contributed by atoms with van der Waals surface area (Å²) in [5.74, 6) is 1.04. The van der Waals surface area contributed by atoms with Crippen LogP contribution in [0.5, 0.6) is 0 Å². The first kappa shape index (κ1) is 14.7. The predicted molar refractivity (Wildman–Crippen MR) is 79.6 cm³/mol. The molecule has 0 amide bonds. The highest BCUT2D eigenvalue weighted by molar-refractivity contribution is 5.30. The first-order valence-corrected chi connectivity index (χ1v) is 7.22. The highest BCUT2D eigenvalue weighted by Crippen LogP contribution is 2.23. The summed E-state index contributed by atoms with van der Waals surface area (Å²) in [5.41, 5.74) is 3.14. The lowest BCUT2D eigenvalue weighted by Gasteiger charge is -2.20. The summed E-state index contributed by atoms with van der Waals surface area (Å²) in [6.45, 7) is 7.23. The largest absolute Gasteiger partial charge is 0.333 e. The van der Waals surface area contributed by atoms with Gasteiger partial charge in [0.05, 0.1) is 17.4 Å². The Balaban J connectivity index is 2.46. The summed E-state index contributed by atoms with van der Waals surface area (Å²) in [6.07, 6.45) is 5.86. The number of rotatable bonds is 6. The molecule has 0 aromatic carbocycles. The summed E-state index contributed by atoms with van der Waals surface area (Å²) < 4.78 is 2.20. The fourth-order valence-electron chi connectivity index (χ4n) is 2.49. The molecule has 1 N–H and O–H groups in total. The molecule has 108 valence electrons. The quantitative estimate of drug-likeness (QED) is 0.877. The van der Waals surface area contributed by atoms with Gasteiger partial charge in [0.15, 0.2) is 0 Å². The molecule has 5 heteroatoms. The number of nitrogens with zero attached hydrogens (tertiary/aromatic N) is 4. The van der Waals surface area contributed by atoms with Crippen LogP contribution in [0, 0.1) is 6.92 Å². The molecule has 0 aliphatic heterocycles. The van der Waals surface area contributed by atoms with E-state index in [2.05, 4.69) is 45.0 Å². The molecule has 2 rings (SSSR count). The van der Waals surface area contributed by atoms with Crippen molar-refractivity contribution in [1.82, 2.24) is 25.1 Å². The van der Waals surface area contributed by atoms with Crippen LogP contribution in [0.4, 0.5) is 0 Å². The summed E-state index contributed by atoms with van der Waals surface area (Å²) >= 11 is 0. The van der Waals surface area contributed by atoms with E-state index in [0.717, 1.165) is 36.6 Å². The zero-order valence-electron chi connectivity index (χ0n) is 12.7. The Hall–Kier alpha value is -1.75. The average Bonchev–Trinajstić information content (AvgIpc) is 2.89. The first-order chi connectivity index (χ1) is 9.71. The van der Waals surface area contributed by atoms with Crippen molar-refractivity contribution in [1.29, 1.82) is 0 Å². The minimum atomic E-state index is 0.0562. The van der Waals surface area contributed by atoms with Crippen LogP contribution in [0.2, 0.25) is 0 Å². The number of aryl methyl sites for hydroxylation is 3. The predicted octanol–water partition coefficient (Wildman–Crippen LogP) is 2.26. The van der Waals surface area contributed by atoms with Crippen LogP contribution in [0.1, 0.15) is 49.1 Å². The van der Waals surface area contributed by atoms with E-state index >= 15 is 0 Å². The van der Waals surface area contributed by atoms with Gasteiger partial charge in [-0.05, 0) is 32.9 Å². The molecule has 0 saturated carbocycles. The molecule has 2 heterocycles. The van der Waals surface area contributed by atoms with Gasteiger partial charge in [-0.1, -0.05) is 13.8 Å². The monoisotopic (exact) mass is 273 g/mol. The normalized spacial score (nSPS) is 12.6. The molecule has 2 aromatic rings. The van der Waals surface area contributed by atoms with Crippen molar-refractivity contribution >= 4 is 0 Å². The maximum absolute atomic E-state index is 4.54. The van der Waals surface area contributed by atoms with E-state index in [-0.39, 0.29) is 6.04 Å². The van der Waals surface area contributed by atoms with E-state index in [1.54, 1.807) is 0 Å². The Bertz CT molecular complexity index is 561. The minimum absolute atomic E-state index is 0.0562. The molecule has 20 heavy (non-hydrogen) atoms. The highest BCUT2D eigenvalue weighted by atomic mass is 15.1.